The number of carbonyl (C=O) groups is 1. The van der Waals surface area contributed by atoms with Crippen LogP contribution in [0.2, 0.25) is 0 Å². The lowest BCUT2D eigenvalue weighted by Gasteiger charge is -1.97. The number of carbonyl (C=O) groups excluding carboxylic acids is 1. The van der Waals surface area contributed by atoms with Gasteiger partial charge in [-0.25, -0.2) is 4.79 Å². The zero-order valence-electron chi connectivity index (χ0n) is 7.12. The minimum Gasteiger partial charge on any atom is -0.428 e. The molecule has 0 unspecified atom stereocenters. The Hall–Kier alpha value is -1.57. The molecule has 0 N–H and O–H groups in total. The largest absolute Gasteiger partial charge is 0.428 e. The Kier molecular flexibility index (Phi) is 5.35. The molecule has 0 radical (unpaired) electrons. The van der Waals surface area contributed by atoms with Crippen LogP contribution in [0, 0.1) is 0 Å². The summed E-state index contributed by atoms with van der Waals surface area (Å²) in [5.41, 5.74) is 0. The van der Waals surface area contributed by atoms with Gasteiger partial charge in [0.15, 0.2) is 0 Å². The number of hydrogen-bond acceptors (Lipinski definition) is 2. The standard InChI is InChI=1S/C10H12O2/c1-4-6-7-8-9(3)12-10(11)5-2/h4-8H,1-2H2,3H3/b7-6-,9-8+. The number of rotatable bonds is 4. The minimum atomic E-state index is -0.448. The average Bonchev–Trinajstić information content (AvgIpc) is 2.05. The second-order valence-electron chi connectivity index (χ2n) is 2.02. The van der Waals surface area contributed by atoms with E-state index in [9.17, 15) is 4.79 Å². The van der Waals surface area contributed by atoms with Crippen molar-refractivity contribution < 1.29 is 9.53 Å². The lowest BCUT2D eigenvalue weighted by atomic mass is 10.4. The quantitative estimate of drug-likeness (QED) is 0.276. The number of ether oxygens (including phenoxy) is 1. The molecule has 12 heavy (non-hydrogen) atoms. The first-order chi connectivity index (χ1) is 5.70. The van der Waals surface area contributed by atoms with Gasteiger partial charge in [0, 0.05) is 6.08 Å². The zero-order chi connectivity index (χ0) is 9.40. The van der Waals surface area contributed by atoms with E-state index in [1.807, 2.05) is 0 Å². The molecule has 2 nitrogen and oxygen atoms in total. The predicted octanol–water partition coefficient (Wildman–Crippen LogP) is 2.36. The minimum absolute atomic E-state index is 0.448. The van der Waals surface area contributed by atoms with Crippen molar-refractivity contribution in [2.75, 3.05) is 0 Å². The fourth-order valence-electron chi connectivity index (χ4n) is 0.504. The van der Waals surface area contributed by atoms with Crippen LogP contribution in [0.3, 0.4) is 0 Å². The molecule has 2 heteroatoms. The van der Waals surface area contributed by atoms with E-state index in [0.29, 0.717) is 5.76 Å². The van der Waals surface area contributed by atoms with Gasteiger partial charge in [0.2, 0.25) is 0 Å². The van der Waals surface area contributed by atoms with E-state index in [4.69, 9.17) is 4.74 Å². The van der Waals surface area contributed by atoms with Crippen molar-refractivity contribution in [3.8, 4) is 0 Å². The molecule has 0 bridgehead atoms. The SMILES string of the molecule is C=C/C=C\C=C(/C)OC(=O)C=C. The maximum Gasteiger partial charge on any atom is 0.335 e. The smallest absolute Gasteiger partial charge is 0.335 e. The highest BCUT2D eigenvalue weighted by atomic mass is 16.5. The summed E-state index contributed by atoms with van der Waals surface area (Å²) in [6.45, 7) is 8.46. The van der Waals surface area contributed by atoms with Crippen molar-refractivity contribution in [2.24, 2.45) is 0 Å². The molecule has 0 rings (SSSR count). The van der Waals surface area contributed by atoms with Gasteiger partial charge in [0.05, 0.1) is 0 Å². The molecule has 0 fully saturated rings. The van der Waals surface area contributed by atoms with E-state index in [1.165, 1.54) is 0 Å². The average molecular weight is 164 g/mol. The molecule has 0 atom stereocenters. The second kappa shape index (κ2) is 6.16. The first-order valence-corrected chi connectivity index (χ1v) is 3.51. The number of hydrogen-bond donors (Lipinski definition) is 0. The highest BCUT2D eigenvalue weighted by Gasteiger charge is 1.94. The third-order valence-corrected chi connectivity index (χ3v) is 1.01. The topological polar surface area (TPSA) is 26.3 Å². The van der Waals surface area contributed by atoms with Crippen LogP contribution in [-0.4, -0.2) is 5.97 Å². The van der Waals surface area contributed by atoms with E-state index in [0.717, 1.165) is 6.08 Å². The van der Waals surface area contributed by atoms with E-state index in [-0.39, 0.29) is 0 Å². The van der Waals surface area contributed by atoms with Crippen LogP contribution in [0.5, 0.6) is 0 Å². The Labute approximate surface area is 72.5 Å². The van der Waals surface area contributed by atoms with Gasteiger partial charge in [-0.1, -0.05) is 31.4 Å². The van der Waals surface area contributed by atoms with Crippen molar-refractivity contribution in [2.45, 2.75) is 6.92 Å². The Morgan fingerprint density at radius 2 is 2.00 bits per heavy atom. The van der Waals surface area contributed by atoms with Crippen molar-refractivity contribution in [3.05, 3.63) is 49.3 Å². The summed E-state index contributed by atoms with van der Waals surface area (Å²) < 4.78 is 4.76. The van der Waals surface area contributed by atoms with Gasteiger partial charge in [-0.15, -0.1) is 0 Å². The molecular formula is C10H12O2. The summed E-state index contributed by atoms with van der Waals surface area (Å²) in [6, 6.07) is 0. The van der Waals surface area contributed by atoms with Crippen LogP contribution >= 0.6 is 0 Å². The van der Waals surface area contributed by atoms with Crippen LogP contribution in [0.4, 0.5) is 0 Å². The highest BCUT2D eigenvalue weighted by Crippen LogP contribution is 1.96. The van der Waals surface area contributed by atoms with Crippen LogP contribution in [0.25, 0.3) is 0 Å². The Morgan fingerprint density at radius 1 is 1.33 bits per heavy atom. The van der Waals surface area contributed by atoms with Crippen molar-refractivity contribution in [1.29, 1.82) is 0 Å². The molecule has 0 heterocycles. The van der Waals surface area contributed by atoms with E-state index < -0.39 is 5.97 Å². The molecule has 0 aliphatic carbocycles. The molecule has 0 aromatic carbocycles. The maximum absolute atomic E-state index is 10.6. The van der Waals surface area contributed by atoms with E-state index in [2.05, 4.69) is 13.2 Å². The van der Waals surface area contributed by atoms with Gasteiger partial charge in [-0.05, 0) is 13.0 Å². The van der Waals surface area contributed by atoms with Crippen molar-refractivity contribution in [3.63, 3.8) is 0 Å². The van der Waals surface area contributed by atoms with Crippen LogP contribution < -0.4 is 0 Å². The lowest BCUT2D eigenvalue weighted by Crippen LogP contribution is -1.96. The second-order valence-corrected chi connectivity index (χ2v) is 2.02. The lowest BCUT2D eigenvalue weighted by molar-refractivity contribution is -0.133. The predicted molar refractivity (Wildman–Crippen MR) is 49.4 cm³/mol. The van der Waals surface area contributed by atoms with E-state index >= 15 is 0 Å². The molecule has 0 aliphatic heterocycles. The van der Waals surface area contributed by atoms with Crippen LogP contribution in [-0.2, 0) is 9.53 Å². The Bertz CT molecular complexity index is 234. The summed E-state index contributed by atoms with van der Waals surface area (Å²) >= 11 is 0. The van der Waals surface area contributed by atoms with Crippen molar-refractivity contribution in [1.82, 2.24) is 0 Å². The first kappa shape index (κ1) is 10.4. The van der Waals surface area contributed by atoms with Gasteiger partial charge in [-0.2, -0.15) is 0 Å². The maximum atomic E-state index is 10.6. The van der Waals surface area contributed by atoms with Gasteiger partial charge < -0.3 is 4.74 Å². The first-order valence-electron chi connectivity index (χ1n) is 3.51. The molecule has 0 aliphatic rings. The Morgan fingerprint density at radius 3 is 2.50 bits per heavy atom. The fraction of sp³-hybridized carbons (Fsp3) is 0.100. The molecule has 0 saturated heterocycles. The molecule has 0 aromatic heterocycles. The summed E-state index contributed by atoms with van der Waals surface area (Å²) in [6.07, 6.45) is 7.90. The molecule has 64 valence electrons. The number of allylic oxidation sites excluding steroid dienone is 5. The van der Waals surface area contributed by atoms with Gasteiger partial charge in [-0.3, -0.25) is 0 Å². The fourth-order valence-corrected chi connectivity index (χ4v) is 0.504. The van der Waals surface area contributed by atoms with Crippen molar-refractivity contribution >= 4 is 5.97 Å². The normalized spacial score (nSPS) is 11.2. The summed E-state index contributed by atoms with van der Waals surface area (Å²) in [4.78, 5) is 10.6. The van der Waals surface area contributed by atoms with Gasteiger partial charge >= 0.3 is 5.97 Å². The highest BCUT2D eigenvalue weighted by molar-refractivity contribution is 5.82. The summed E-state index contributed by atoms with van der Waals surface area (Å²) in [5.74, 6) is 0.0775. The van der Waals surface area contributed by atoms with E-state index in [1.54, 1.807) is 31.2 Å². The van der Waals surface area contributed by atoms with Crippen LogP contribution in [0.1, 0.15) is 6.92 Å². The third kappa shape index (κ3) is 5.23. The Balaban J connectivity index is 4.01. The molecule has 0 amide bonds. The zero-order valence-corrected chi connectivity index (χ0v) is 7.12. The number of esters is 1. The molecule has 0 saturated carbocycles. The third-order valence-electron chi connectivity index (χ3n) is 1.01. The summed E-state index contributed by atoms with van der Waals surface area (Å²) in [5, 5.41) is 0. The summed E-state index contributed by atoms with van der Waals surface area (Å²) in [7, 11) is 0. The monoisotopic (exact) mass is 164 g/mol. The molecular weight excluding hydrogens is 152 g/mol. The van der Waals surface area contributed by atoms with Crippen LogP contribution in [0.15, 0.2) is 49.3 Å². The van der Waals surface area contributed by atoms with Gasteiger partial charge in [0.1, 0.15) is 5.76 Å². The van der Waals surface area contributed by atoms with Gasteiger partial charge in [0.25, 0.3) is 0 Å². The molecule has 0 spiro atoms. The molecule has 0 aromatic rings.